The predicted octanol–water partition coefficient (Wildman–Crippen LogP) is 2.19. The molecule has 0 atom stereocenters. The molecule has 7 heteroatoms. The van der Waals surface area contributed by atoms with Gasteiger partial charge in [0, 0.05) is 37.6 Å². The van der Waals surface area contributed by atoms with Gasteiger partial charge >= 0.3 is 6.03 Å². The molecule has 2 aliphatic rings. The molecule has 1 aromatic rings. The van der Waals surface area contributed by atoms with Gasteiger partial charge < -0.3 is 15.1 Å². The molecule has 0 spiro atoms. The summed E-state index contributed by atoms with van der Waals surface area (Å²) in [5.74, 6) is 1.07. The molecule has 1 aromatic carbocycles. The number of benzene rings is 1. The van der Waals surface area contributed by atoms with Crippen molar-refractivity contribution in [3.63, 3.8) is 0 Å². The van der Waals surface area contributed by atoms with Gasteiger partial charge in [-0.2, -0.15) is 0 Å². The summed E-state index contributed by atoms with van der Waals surface area (Å²) in [5.41, 5.74) is 1.71. The number of amides is 2. The summed E-state index contributed by atoms with van der Waals surface area (Å²) in [5, 5.41) is 2.96. The highest BCUT2D eigenvalue weighted by Gasteiger charge is 2.23. The maximum absolute atomic E-state index is 12.4. The third-order valence-electron chi connectivity index (χ3n) is 4.88. The van der Waals surface area contributed by atoms with Gasteiger partial charge in [0.05, 0.1) is 11.5 Å². The van der Waals surface area contributed by atoms with Crippen LogP contribution in [0.3, 0.4) is 0 Å². The largest absolute Gasteiger partial charge is 0.369 e. The summed E-state index contributed by atoms with van der Waals surface area (Å²) in [6, 6.07) is 7.58. The Morgan fingerprint density at radius 3 is 2.46 bits per heavy atom. The molecule has 24 heavy (non-hydrogen) atoms. The number of rotatable bonds is 2. The number of sulfone groups is 1. The molecule has 3 rings (SSSR count). The highest BCUT2D eigenvalue weighted by atomic mass is 32.2. The van der Waals surface area contributed by atoms with E-state index in [9.17, 15) is 13.2 Å². The summed E-state index contributed by atoms with van der Waals surface area (Å²) >= 11 is 0. The number of anilines is 2. The number of nitrogens with one attached hydrogen (secondary N) is 1. The summed E-state index contributed by atoms with van der Waals surface area (Å²) in [4.78, 5) is 16.3. The van der Waals surface area contributed by atoms with Crippen molar-refractivity contribution in [3.05, 3.63) is 24.3 Å². The Hall–Kier alpha value is -1.76. The fourth-order valence-corrected chi connectivity index (χ4v) is 4.37. The lowest BCUT2D eigenvalue weighted by Gasteiger charge is -2.31. The van der Waals surface area contributed by atoms with Crippen molar-refractivity contribution in [2.24, 2.45) is 5.92 Å². The molecule has 2 aliphatic heterocycles. The standard InChI is InChI=1S/C17H25N3O3S/c1-14-5-7-20(8-6-14)17(21)18-15-3-2-4-16(13-15)19-9-11-24(22,23)12-10-19/h2-4,13-14H,5-12H2,1H3,(H,18,21). The number of urea groups is 1. The normalized spacial score (nSPS) is 21.5. The Bertz CT molecular complexity index is 683. The fourth-order valence-electron chi connectivity index (χ4n) is 3.17. The Morgan fingerprint density at radius 2 is 1.79 bits per heavy atom. The number of hydrogen-bond acceptors (Lipinski definition) is 4. The van der Waals surface area contributed by atoms with E-state index in [4.69, 9.17) is 0 Å². The first-order chi connectivity index (χ1) is 11.4. The molecule has 0 bridgehead atoms. The van der Waals surface area contributed by atoms with Crippen molar-refractivity contribution in [3.8, 4) is 0 Å². The van der Waals surface area contributed by atoms with Crippen molar-refractivity contribution in [1.82, 2.24) is 4.90 Å². The van der Waals surface area contributed by atoms with Crippen LogP contribution in [0, 0.1) is 5.92 Å². The number of piperidine rings is 1. The minimum Gasteiger partial charge on any atom is -0.369 e. The first-order valence-electron chi connectivity index (χ1n) is 8.54. The van der Waals surface area contributed by atoms with E-state index in [0.29, 0.717) is 19.0 Å². The molecular formula is C17H25N3O3S. The minimum absolute atomic E-state index is 0.0553. The smallest absolute Gasteiger partial charge is 0.321 e. The van der Waals surface area contributed by atoms with Crippen LogP contribution in [-0.2, 0) is 9.84 Å². The summed E-state index contributed by atoms with van der Waals surface area (Å²) in [6.45, 7) is 4.83. The molecule has 1 N–H and O–H groups in total. The maximum atomic E-state index is 12.4. The van der Waals surface area contributed by atoms with Crippen LogP contribution in [0.5, 0.6) is 0 Å². The summed E-state index contributed by atoms with van der Waals surface area (Å²) in [7, 11) is -2.89. The van der Waals surface area contributed by atoms with Crippen LogP contribution in [0.15, 0.2) is 24.3 Å². The Labute approximate surface area is 143 Å². The number of hydrogen-bond donors (Lipinski definition) is 1. The first kappa shape index (κ1) is 17.1. The molecule has 0 saturated carbocycles. The average molecular weight is 351 g/mol. The van der Waals surface area contributed by atoms with E-state index in [-0.39, 0.29) is 17.5 Å². The van der Waals surface area contributed by atoms with Crippen LogP contribution in [-0.4, -0.2) is 57.0 Å². The topological polar surface area (TPSA) is 69.7 Å². The second-order valence-electron chi connectivity index (χ2n) is 6.79. The lowest BCUT2D eigenvalue weighted by Crippen LogP contribution is -2.41. The van der Waals surface area contributed by atoms with Crippen LogP contribution in [0.1, 0.15) is 19.8 Å². The average Bonchev–Trinajstić information content (AvgIpc) is 2.55. The van der Waals surface area contributed by atoms with Crippen LogP contribution < -0.4 is 10.2 Å². The summed E-state index contributed by atoms with van der Waals surface area (Å²) < 4.78 is 23.1. The molecule has 2 saturated heterocycles. The molecule has 6 nitrogen and oxygen atoms in total. The van der Waals surface area contributed by atoms with E-state index in [1.54, 1.807) is 0 Å². The summed E-state index contributed by atoms with van der Waals surface area (Å²) in [6.07, 6.45) is 2.10. The van der Waals surface area contributed by atoms with Crippen molar-refractivity contribution >= 4 is 27.2 Å². The second-order valence-corrected chi connectivity index (χ2v) is 9.09. The van der Waals surface area contributed by atoms with Gasteiger partial charge in [0.15, 0.2) is 9.84 Å². The molecule has 0 aliphatic carbocycles. The van der Waals surface area contributed by atoms with Gasteiger partial charge in [0.1, 0.15) is 0 Å². The van der Waals surface area contributed by atoms with Crippen molar-refractivity contribution in [2.75, 3.05) is 47.9 Å². The molecule has 0 unspecified atom stereocenters. The molecule has 2 heterocycles. The second kappa shape index (κ2) is 7.01. The maximum Gasteiger partial charge on any atom is 0.321 e. The quantitative estimate of drug-likeness (QED) is 0.887. The number of nitrogens with zero attached hydrogens (tertiary/aromatic N) is 2. The number of carbonyl (C=O) groups excluding carboxylic acids is 1. The molecular weight excluding hydrogens is 326 g/mol. The van der Waals surface area contributed by atoms with Crippen molar-refractivity contribution in [1.29, 1.82) is 0 Å². The third-order valence-corrected chi connectivity index (χ3v) is 6.49. The van der Waals surface area contributed by atoms with E-state index < -0.39 is 9.84 Å². The Morgan fingerprint density at radius 1 is 1.12 bits per heavy atom. The van der Waals surface area contributed by atoms with E-state index in [2.05, 4.69) is 17.1 Å². The highest BCUT2D eigenvalue weighted by molar-refractivity contribution is 7.91. The van der Waals surface area contributed by atoms with E-state index in [1.807, 2.05) is 29.2 Å². The molecule has 0 radical (unpaired) electrons. The van der Waals surface area contributed by atoms with Gasteiger partial charge in [-0.15, -0.1) is 0 Å². The SMILES string of the molecule is CC1CCN(C(=O)Nc2cccc(N3CCS(=O)(=O)CC3)c2)CC1. The van der Waals surface area contributed by atoms with Crippen molar-refractivity contribution in [2.45, 2.75) is 19.8 Å². The van der Waals surface area contributed by atoms with Gasteiger partial charge in [-0.3, -0.25) is 0 Å². The van der Waals surface area contributed by atoms with E-state index in [1.165, 1.54) is 0 Å². The van der Waals surface area contributed by atoms with Crippen LogP contribution >= 0.6 is 0 Å². The lowest BCUT2D eigenvalue weighted by molar-refractivity contribution is 0.186. The monoisotopic (exact) mass is 351 g/mol. The van der Waals surface area contributed by atoms with Crippen LogP contribution in [0.2, 0.25) is 0 Å². The zero-order chi connectivity index (χ0) is 17.2. The van der Waals surface area contributed by atoms with Gasteiger partial charge in [0.25, 0.3) is 0 Å². The van der Waals surface area contributed by atoms with Gasteiger partial charge in [0.2, 0.25) is 0 Å². The Kier molecular flexibility index (Phi) is 4.99. The molecule has 0 aromatic heterocycles. The molecule has 2 fully saturated rings. The third kappa shape index (κ3) is 4.20. The van der Waals surface area contributed by atoms with Gasteiger partial charge in [-0.25, -0.2) is 13.2 Å². The predicted molar refractivity (Wildman–Crippen MR) is 96.3 cm³/mol. The van der Waals surface area contributed by atoms with Crippen LogP contribution in [0.25, 0.3) is 0 Å². The molecule has 132 valence electrons. The van der Waals surface area contributed by atoms with Gasteiger partial charge in [-0.05, 0) is 37.0 Å². The van der Waals surface area contributed by atoms with Crippen molar-refractivity contribution < 1.29 is 13.2 Å². The number of carbonyl (C=O) groups is 1. The fraction of sp³-hybridized carbons (Fsp3) is 0.588. The molecule has 2 amide bonds. The zero-order valence-corrected chi connectivity index (χ0v) is 14.9. The Balaban J connectivity index is 1.62. The first-order valence-corrected chi connectivity index (χ1v) is 10.4. The van der Waals surface area contributed by atoms with E-state index >= 15 is 0 Å². The zero-order valence-electron chi connectivity index (χ0n) is 14.1. The number of likely N-dealkylation sites (tertiary alicyclic amines) is 1. The van der Waals surface area contributed by atoms with Crippen LogP contribution in [0.4, 0.5) is 16.2 Å². The van der Waals surface area contributed by atoms with E-state index in [0.717, 1.165) is 37.3 Å². The highest BCUT2D eigenvalue weighted by Crippen LogP contribution is 2.22. The van der Waals surface area contributed by atoms with Gasteiger partial charge in [-0.1, -0.05) is 13.0 Å². The lowest BCUT2D eigenvalue weighted by atomic mass is 10.00. The minimum atomic E-state index is -2.89.